The van der Waals surface area contributed by atoms with Gasteiger partial charge in [-0.1, -0.05) is 36.4 Å². The van der Waals surface area contributed by atoms with Crippen LogP contribution in [0.3, 0.4) is 0 Å². The largest absolute Gasteiger partial charge is 0.744 e. The molecule has 0 radical (unpaired) electrons. The molecule has 2 amide bonds. The number of amides is 2. The molecule has 7 rings (SSSR count). The Labute approximate surface area is 521 Å². The molecule has 33 heteroatoms. The molecule has 1 atom stereocenters. The molecule has 90 heavy (non-hydrogen) atoms. The number of hydrogen-bond donors (Lipinski definition) is 4. The van der Waals surface area contributed by atoms with Gasteiger partial charge < -0.3 is 42.7 Å². The molecule has 492 valence electrons. The van der Waals surface area contributed by atoms with Gasteiger partial charge in [0.2, 0.25) is 5.69 Å². The van der Waals surface area contributed by atoms with E-state index in [2.05, 4.69) is 0 Å². The minimum atomic E-state index is -5.28. The average Bonchev–Trinajstić information content (AvgIpc) is 1.52. The van der Waals surface area contributed by atoms with Crippen LogP contribution >= 0.6 is 0 Å². The van der Waals surface area contributed by atoms with Crippen LogP contribution in [0.15, 0.2) is 116 Å². The summed E-state index contributed by atoms with van der Waals surface area (Å²) in [7, 11) is -23.5. The number of hydroxylamine groups is 2. The first-order valence-corrected chi connectivity index (χ1v) is 35.2. The van der Waals surface area contributed by atoms with Gasteiger partial charge in [0.05, 0.1) is 98.3 Å². The molecule has 0 aliphatic carbocycles. The van der Waals surface area contributed by atoms with Gasteiger partial charge in [-0.3, -0.25) is 27.8 Å². The number of imide groups is 1. The maximum absolute atomic E-state index is 12.7. The van der Waals surface area contributed by atoms with E-state index in [1.807, 2.05) is 9.48 Å². The van der Waals surface area contributed by atoms with E-state index in [4.69, 9.17) is 33.3 Å². The number of carbonyl (C=O) groups is 3. The monoisotopic (exact) mass is 1360 g/mol. The second-order valence-corrected chi connectivity index (χ2v) is 28.6. The van der Waals surface area contributed by atoms with Crippen LogP contribution in [0, 0.1) is 0 Å². The maximum atomic E-state index is 12.7. The zero-order valence-electron chi connectivity index (χ0n) is 49.3. The number of benzene rings is 4. The molecule has 4 N–H and O–H groups in total. The van der Waals surface area contributed by atoms with Gasteiger partial charge in [0.1, 0.15) is 21.6 Å². The molecule has 1 unspecified atom stereocenters. The molecular weight excluding hydrogens is 1290 g/mol. The van der Waals surface area contributed by atoms with Crippen LogP contribution in [-0.2, 0) is 109 Å². The Morgan fingerprint density at radius 3 is 1.68 bits per heavy atom. The number of rotatable bonds is 34. The first-order valence-electron chi connectivity index (χ1n) is 27.8. The maximum Gasteiger partial charge on any atom is 0.335 e. The number of hydrogen-bond acceptors (Lipinski definition) is 22. The van der Waals surface area contributed by atoms with Gasteiger partial charge in [0.25, 0.3) is 52.3 Å². The minimum Gasteiger partial charge on any atom is -0.744 e. The summed E-state index contributed by atoms with van der Waals surface area (Å²) in [6.07, 6.45) is 11.5. The Balaban J connectivity index is 1.06. The Kier molecular flexibility index (Phi) is 23.4. The summed E-state index contributed by atoms with van der Waals surface area (Å²) in [5.74, 6) is -2.58. The summed E-state index contributed by atoms with van der Waals surface area (Å²) < 4.78 is 213. The number of carbonyl (C=O) groups excluding carboxylic acids is 3. The van der Waals surface area contributed by atoms with Crippen LogP contribution in [0.4, 0.5) is 11.4 Å². The van der Waals surface area contributed by atoms with Crippen LogP contribution < -0.4 is 4.90 Å². The number of ether oxygens (including phenoxy) is 6. The van der Waals surface area contributed by atoms with Crippen LogP contribution in [0.25, 0.3) is 21.5 Å². The normalized spacial score (nSPS) is 17.9. The molecule has 0 bridgehead atoms. The van der Waals surface area contributed by atoms with Crippen molar-refractivity contribution in [2.24, 2.45) is 0 Å². The Bertz CT molecular complexity index is 4150. The van der Waals surface area contributed by atoms with Gasteiger partial charge in [-0.05, 0) is 92.4 Å². The van der Waals surface area contributed by atoms with E-state index in [9.17, 15) is 79.2 Å². The molecule has 0 aromatic heterocycles. The SMILES string of the molecule is COCCN1C(=CC=CC=CC=CC2=[N+](CCOCCOCCOCCOCCOCCC(=O)ON3C(=O)CCC3=O)c3ccc4c(S(=O)(=O)[O-])cc(S(=O)(=O)O)cc4c3C2(C)C)C(C)(CCCS(=O)(=O)O)c2c1ccc1c(S(=O)(=O)O)cc(S(=O)(=O)O)cc21. The van der Waals surface area contributed by atoms with Gasteiger partial charge in [-0.25, -0.2) is 13.2 Å². The molecule has 3 heterocycles. The predicted octanol–water partition coefficient (Wildman–Crippen LogP) is 4.74. The number of anilines is 1. The third-order valence-electron chi connectivity index (χ3n) is 14.9. The third-order valence-corrected chi connectivity index (χ3v) is 19.2. The number of methoxy groups -OCH3 is 1. The van der Waals surface area contributed by atoms with Crippen molar-refractivity contribution in [3.63, 3.8) is 0 Å². The van der Waals surface area contributed by atoms with Crippen molar-refractivity contribution in [1.29, 1.82) is 0 Å². The summed E-state index contributed by atoms with van der Waals surface area (Å²) in [6, 6.07) is 9.31. The molecule has 1 fully saturated rings. The van der Waals surface area contributed by atoms with Crippen LogP contribution in [0.2, 0.25) is 0 Å². The Morgan fingerprint density at radius 2 is 1.13 bits per heavy atom. The molecule has 4 aromatic rings. The van der Waals surface area contributed by atoms with Crippen LogP contribution in [-0.4, -0.2) is 197 Å². The fourth-order valence-corrected chi connectivity index (χ4v) is 14.1. The average molecular weight is 1360 g/mol. The highest BCUT2D eigenvalue weighted by atomic mass is 32.2. The highest BCUT2D eigenvalue weighted by molar-refractivity contribution is 7.87. The second kappa shape index (κ2) is 29.6. The zero-order valence-corrected chi connectivity index (χ0v) is 53.4. The van der Waals surface area contributed by atoms with E-state index in [1.54, 1.807) is 75.4 Å². The molecule has 3 aliphatic heterocycles. The van der Waals surface area contributed by atoms with Crippen molar-refractivity contribution < 1.29 is 117 Å². The molecule has 4 aromatic carbocycles. The van der Waals surface area contributed by atoms with E-state index in [-0.39, 0.29) is 139 Å². The van der Waals surface area contributed by atoms with Crippen molar-refractivity contribution in [3.05, 3.63) is 108 Å². The molecule has 0 spiro atoms. The lowest BCUT2D eigenvalue weighted by atomic mass is 9.75. The zero-order chi connectivity index (χ0) is 66.0. The van der Waals surface area contributed by atoms with E-state index in [0.717, 1.165) is 12.1 Å². The highest BCUT2D eigenvalue weighted by Gasteiger charge is 2.47. The summed E-state index contributed by atoms with van der Waals surface area (Å²) in [6.45, 7) is 7.68. The molecule has 1 saturated heterocycles. The minimum absolute atomic E-state index is 0.000167. The number of nitrogens with zero attached hydrogens (tertiary/aromatic N) is 3. The summed E-state index contributed by atoms with van der Waals surface area (Å²) in [5, 5.41) is 0.388. The van der Waals surface area contributed by atoms with Crippen molar-refractivity contribution in [1.82, 2.24) is 5.06 Å². The molecule has 0 saturated carbocycles. The van der Waals surface area contributed by atoms with Gasteiger partial charge in [0, 0.05) is 71.8 Å². The molecule has 28 nitrogen and oxygen atoms in total. The topological polar surface area (TPSA) is 400 Å². The summed E-state index contributed by atoms with van der Waals surface area (Å²) in [4.78, 5) is 38.3. The lowest BCUT2D eigenvalue weighted by Gasteiger charge is -2.30. The van der Waals surface area contributed by atoms with Gasteiger partial charge >= 0.3 is 5.97 Å². The fourth-order valence-electron chi connectivity index (χ4n) is 11.0. The van der Waals surface area contributed by atoms with Gasteiger partial charge in [0.15, 0.2) is 12.3 Å². The van der Waals surface area contributed by atoms with Crippen molar-refractivity contribution in [2.45, 2.75) is 83.3 Å². The van der Waals surface area contributed by atoms with Crippen LogP contribution in [0.1, 0.15) is 64.0 Å². The van der Waals surface area contributed by atoms with E-state index in [1.165, 1.54) is 19.2 Å². The predicted molar refractivity (Wildman–Crippen MR) is 322 cm³/mol. The smallest absolute Gasteiger partial charge is 0.335 e. The van der Waals surface area contributed by atoms with Gasteiger partial charge in [-0.2, -0.15) is 38.2 Å². The molecule has 3 aliphatic rings. The van der Waals surface area contributed by atoms with E-state index < -0.39 is 105 Å². The van der Waals surface area contributed by atoms with Crippen LogP contribution in [0.5, 0.6) is 0 Å². The lowest BCUT2D eigenvalue weighted by Crippen LogP contribution is -2.32. The highest BCUT2D eigenvalue weighted by Crippen LogP contribution is 2.54. The number of allylic oxidation sites excluding steroid dienone is 8. The first-order chi connectivity index (χ1) is 42.2. The van der Waals surface area contributed by atoms with Crippen molar-refractivity contribution in [2.75, 3.05) is 104 Å². The molecular formula is C57H69N3O25S5. The van der Waals surface area contributed by atoms with Crippen molar-refractivity contribution >= 4 is 107 Å². The lowest BCUT2D eigenvalue weighted by molar-refractivity contribution is -0.442. The third kappa shape index (κ3) is 17.5. The van der Waals surface area contributed by atoms with Crippen molar-refractivity contribution in [3.8, 4) is 0 Å². The summed E-state index contributed by atoms with van der Waals surface area (Å²) in [5.41, 5.74) is 0.540. The van der Waals surface area contributed by atoms with Gasteiger partial charge in [-0.15, -0.1) is 5.06 Å². The quantitative estimate of drug-likeness (QED) is 0.0161. The fraction of sp³-hybridized carbons (Fsp3) is 0.439. The number of fused-ring (bicyclic) bond motifs is 6. The Hall–Kier alpha value is -6.25. The van der Waals surface area contributed by atoms with E-state index >= 15 is 0 Å². The standard InChI is InChI=1S/C57H69N3O25S5/c1-56(2)49(11-8-6-5-7-9-12-50-57(3,20-10-34-86(64,65)66)55-44-36-40(88(70,71)72)38-48(90(76,77)78)42(44)14-16-46(55)59(50)21-24-79-4)58(45-15-13-41-43(54(45)56)35-39(87(67,68)69)37-47(41)89(73,74)75)22-25-81-27-29-83-31-33-84-32-30-82-28-26-80-23-19-53(63)85-60-51(61)17-18-52(60)62/h5-9,11-16,35-38H,10,17-34H2,1-4H3,(H4-,64,65,66,67,68,69,70,71,72,73,74,75,76,77,78). The summed E-state index contributed by atoms with van der Waals surface area (Å²) >= 11 is 0. The second-order valence-electron chi connectivity index (χ2n) is 21.4. The Morgan fingerprint density at radius 1 is 0.622 bits per heavy atom. The van der Waals surface area contributed by atoms with E-state index in [0.29, 0.717) is 51.1 Å². The first kappa shape index (κ1) is 71.2.